The van der Waals surface area contributed by atoms with Gasteiger partial charge in [0.1, 0.15) is 11.4 Å². The van der Waals surface area contributed by atoms with Gasteiger partial charge in [0.15, 0.2) is 11.5 Å². The molecular weight excluding hydrogens is 470 g/mol. The molecule has 0 radical (unpaired) electrons. The summed E-state index contributed by atoms with van der Waals surface area (Å²) in [6.45, 7) is 7.38. The highest BCUT2D eigenvalue weighted by Gasteiger charge is 2.16. The van der Waals surface area contributed by atoms with Crippen LogP contribution in [-0.4, -0.2) is 35.2 Å². The van der Waals surface area contributed by atoms with Crippen molar-refractivity contribution in [2.24, 2.45) is 0 Å². The van der Waals surface area contributed by atoms with E-state index in [0.717, 1.165) is 16.0 Å². The highest BCUT2D eigenvalue weighted by Crippen LogP contribution is 2.35. The lowest BCUT2D eigenvalue weighted by Gasteiger charge is -2.13. The van der Waals surface area contributed by atoms with Crippen LogP contribution in [0.1, 0.15) is 24.3 Å². The van der Waals surface area contributed by atoms with Gasteiger partial charge >= 0.3 is 0 Å². The SMILES string of the molecule is CCOc1ccc(CCNC(=O)Cn2cnc3scc(-c4ccc(C)s4)c3c2=O)cc1OCC. The summed E-state index contributed by atoms with van der Waals surface area (Å²) in [6.07, 6.45) is 2.09. The summed E-state index contributed by atoms with van der Waals surface area (Å²) < 4.78 is 12.6. The smallest absolute Gasteiger partial charge is 0.263 e. The fraction of sp³-hybridized carbons (Fsp3) is 0.320. The molecule has 0 saturated heterocycles. The Kier molecular flexibility index (Phi) is 7.64. The van der Waals surface area contributed by atoms with Gasteiger partial charge in [0.25, 0.3) is 5.56 Å². The van der Waals surface area contributed by atoms with Gasteiger partial charge in [0, 0.05) is 27.2 Å². The highest BCUT2D eigenvalue weighted by molar-refractivity contribution is 7.19. The first-order valence-electron chi connectivity index (χ1n) is 11.2. The normalized spacial score (nSPS) is 11.0. The van der Waals surface area contributed by atoms with Crippen molar-refractivity contribution in [3.63, 3.8) is 0 Å². The molecule has 0 fully saturated rings. The van der Waals surface area contributed by atoms with Gasteiger partial charge in [-0.15, -0.1) is 22.7 Å². The molecule has 0 spiro atoms. The maximum atomic E-state index is 13.1. The fourth-order valence-electron chi connectivity index (χ4n) is 3.65. The monoisotopic (exact) mass is 497 g/mol. The van der Waals surface area contributed by atoms with Gasteiger partial charge in [0.05, 0.1) is 24.9 Å². The molecule has 178 valence electrons. The van der Waals surface area contributed by atoms with Gasteiger partial charge in [-0.05, 0) is 57.0 Å². The van der Waals surface area contributed by atoms with Crippen molar-refractivity contribution >= 4 is 38.8 Å². The van der Waals surface area contributed by atoms with E-state index < -0.39 is 0 Å². The maximum Gasteiger partial charge on any atom is 0.263 e. The van der Waals surface area contributed by atoms with E-state index in [-0.39, 0.29) is 18.0 Å². The number of benzene rings is 1. The standard InChI is InChI=1S/C25H27N3O4S2/c1-4-31-19-8-7-17(12-20(19)32-5-2)10-11-26-22(29)13-28-15-27-24-23(25(28)30)18(14-33-24)21-9-6-16(3)34-21/h6-9,12,14-15H,4-5,10-11,13H2,1-3H3,(H,26,29). The molecule has 1 aromatic carbocycles. The Morgan fingerprint density at radius 1 is 1.12 bits per heavy atom. The number of hydrogen-bond donors (Lipinski definition) is 1. The van der Waals surface area contributed by atoms with Crippen LogP contribution in [0.15, 0.2) is 46.8 Å². The van der Waals surface area contributed by atoms with Crippen molar-refractivity contribution in [1.29, 1.82) is 0 Å². The van der Waals surface area contributed by atoms with Crippen LogP contribution in [0.25, 0.3) is 20.7 Å². The minimum atomic E-state index is -0.233. The predicted molar refractivity (Wildman–Crippen MR) is 137 cm³/mol. The Balaban J connectivity index is 1.41. The van der Waals surface area contributed by atoms with Crippen molar-refractivity contribution in [3.8, 4) is 21.9 Å². The molecule has 4 aromatic rings. The summed E-state index contributed by atoms with van der Waals surface area (Å²) in [5.74, 6) is 1.18. The van der Waals surface area contributed by atoms with Gasteiger partial charge in [0.2, 0.25) is 5.91 Å². The van der Waals surface area contributed by atoms with Crippen molar-refractivity contribution in [2.45, 2.75) is 33.7 Å². The number of carbonyl (C=O) groups excluding carboxylic acids is 1. The number of aryl methyl sites for hydroxylation is 1. The summed E-state index contributed by atoms with van der Waals surface area (Å²) in [7, 11) is 0. The average molecular weight is 498 g/mol. The zero-order valence-corrected chi connectivity index (χ0v) is 21.1. The molecule has 34 heavy (non-hydrogen) atoms. The molecule has 0 bridgehead atoms. The molecule has 0 aliphatic rings. The first-order chi connectivity index (χ1) is 16.5. The molecule has 0 aliphatic carbocycles. The number of amides is 1. The highest BCUT2D eigenvalue weighted by atomic mass is 32.1. The molecule has 0 unspecified atom stereocenters. The van der Waals surface area contributed by atoms with E-state index in [2.05, 4.69) is 10.3 Å². The third-order valence-electron chi connectivity index (χ3n) is 5.22. The number of thiophene rings is 2. The van der Waals surface area contributed by atoms with E-state index >= 15 is 0 Å². The number of carbonyl (C=O) groups is 1. The first kappa shape index (κ1) is 24.0. The van der Waals surface area contributed by atoms with Gasteiger partial charge < -0.3 is 14.8 Å². The second kappa shape index (κ2) is 10.8. The quantitative estimate of drug-likeness (QED) is 0.345. The van der Waals surface area contributed by atoms with Crippen LogP contribution in [-0.2, 0) is 17.8 Å². The Labute approximate surface area is 206 Å². The van der Waals surface area contributed by atoms with Crippen molar-refractivity contribution in [3.05, 3.63) is 62.8 Å². The Morgan fingerprint density at radius 2 is 1.91 bits per heavy atom. The molecule has 4 rings (SSSR count). The number of nitrogens with one attached hydrogen (secondary N) is 1. The fourth-order valence-corrected chi connectivity index (χ4v) is 5.51. The molecule has 9 heteroatoms. The van der Waals surface area contributed by atoms with Crippen LogP contribution in [0.3, 0.4) is 0 Å². The lowest BCUT2D eigenvalue weighted by Crippen LogP contribution is -2.33. The predicted octanol–water partition coefficient (Wildman–Crippen LogP) is 4.65. The summed E-state index contributed by atoms with van der Waals surface area (Å²) in [5, 5.41) is 5.43. The van der Waals surface area contributed by atoms with Crippen molar-refractivity contribution < 1.29 is 14.3 Å². The van der Waals surface area contributed by atoms with E-state index in [1.807, 2.05) is 56.5 Å². The van der Waals surface area contributed by atoms with Crippen LogP contribution in [0.5, 0.6) is 11.5 Å². The zero-order chi connectivity index (χ0) is 24.1. The van der Waals surface area contributed by atoms with Gasteiger partial charge in [-0.25, -0.2) is 4.98 Å². The van der Waals surface area contributed by atoms with E-state index in [1.54, 1.807) is 11.3 Å². The largest absolute Gasteiger partial charge is 0.490 e. The molecule has 7 nitrogen and oxygen atoms in total. The lowest BCUT2D eigenvalue weighted by atomic mass is 10.1. The number of ether oxygens (including phenoxy) is 2. The number of rotatable bonds is 10. The molecule has 1 N–H and O–H groups in total. The van der Waals surface area contributed by atoms with E-state index in [0.29, 0.717) is 47.9 Å². The van der Waals surface area contributed by atoms with Gasteiger partial charge in [-0.3, -0.25) is 14.2 Å². The Hall–Kier alpha value is -3.17. The third-order valence-corrected chi connectivity index (χ3v) is 7.14. The number of aromatic nitrogens is 2. The third kappa shape index (κ3) is 5.31. The van der Waals surface area contributed by atoms with Crippen molar-refractivity contribution in [2.75, 3.05) is 19.8 Å². The molecule has 0 aliphatic heterocycles. The molecule has 1 amide bonds. The lowest BCUT2D eigenvalue weighted by molar-refractivity contribution is -0.121. The zero-order valence-electron chi connectivity index (χ0n) is 19.4. The number of nitrogens with zero attached hydrogens (tertiary/aromatic N) is 2. The molecule has 3 heterocycles. The number of hydrogen-bond acceptors (Lipinski definition) is 7. The van der Waals surface area contributed by atoms with E-state index in [1.165, 1.54) is 27.1 Å². The van der Waals surface area contributed by atoms with E-state index in [4.69, 9.17) is 9.47 Å². The molecular formula is C25H27N3O4S2. The molecule has 3 aromatic heterocycles. The van der Waals surface area contributed by atoms with Gasteiger partial charge in [-0.2, -0.15) is 0 Å². The molecule has 0 atom stereocenters. The Bertz CT molecular complexity index is 1360. The summed E-state index contributed by atoms with van der Waals surface area (Å²) in [6, 6.07) is 9.84. The van der Waals surface area contributed by atoms with Crippen LogP contribution in [0, 0.1) is 6.92 Å². The first-order valence-corrected chi connectivity index (χ1v) is 12.9. The average Bonchev–Trinajstić information content (AvgIpc) is 3.44. The van der Waals surface area contributed by atoms with Crippen LogP contribution >= 0.6 is 22.7 Å². The Morgan fingerprint density at radius 3 is 2.65 bits per heavy atom. The second-order valence-electron chi connectivity index (χ2n) is 7.66. The van der Waals surface area contributed by atoms with Crippen LogP contribution in [0.4, 0.5) is 0 Å². The summed E-state index contributed by atoms with van der Waals surface area (Å²) in [5.41, 5.74) is 1.71. The minimum Gasteiger partial charge on any atom is -0.490 e. The maximum absolute atomic E-state index is 13.1. The minimum absolute atomic E-state index is 0.0754. The van der Waals surface area contributed by atoms with Gasteiger partial charge in [-0.1, -0.05) is 6.07 Å². The molecule has 0 saturated carbocycles. The van der Waals surface area contributed by atoms with Crippen molar-refractivity contribution in [1.82, 2.24) is 14.9 Å². The summed E-state index contributed by atoms with van der Waals surface area (Å²) >= 11 is 3.08. The topological polar surface area (TPSA) is 82.5 Å². The number of fused-ring (bicyclic) bond motifs is 1. The second-order valence-corrected chi connectivity index (χ2v) is 9.81. The van der Waals surface area contributed by atoms with E-state index in [9.17, 15) is 9.59 Å². The van der Waals surface area contributed by atoms with Crippen LogP contribution < -0.4 is 20.3 Å². The summed E-state index contributed by atoms with van der Waals surface area (Å²) in [4.78, 5) is 33.0. The van der Waals surface area contributed by atoms with Crippen LogP contribution in [0.2, 0.25) is 0 Å².